The number of urea groups is 1. The Morgan fingerprint density at radius 1 is 1.69 bits per heavy atom. The van der Waals surface area contributed by atoms with Crippen LogP contribution in [0.25, 0.3) is 0 Å². The van der Waals surface area contributed by atoms with Gasteiger partial charge in [0.15, 0.2) is 0 Å². The molecule has 13 heavy (non-hydrogen) atoms. The number of nitrogens with zero attached hydrogens (tertiary/aromatic N) is 1. The molecule has 1 aliphatic rings. The van der Waals surface area contributed by atoms with Crippen LogP contribution in [0.1, 0.15) is 20.3 Å². The zero-order valence-corrected chi connectivity index (χ0v) is 8.13. The highest BCUT2D eigenvalue weighted by atomic mass is 16.5. The van der Waals surface area contributed by atoms with Crippen LogP contribution in [0.4, 0.5) is 4.79 Å². The van der Waals surface area contributed by atoms with Crippen molar-refractivity contribution in [2.45, 2.75) is 31.9 Å². The average Bonchev–Trinajstić information content (AvgIpc) is 2.30. The number of carbonyl (C=O) groups is 1. The Kier molecular flexibility index (Phi) is 2.56. The highest BCUT2D eigenvalue weighted by Crippen LogP contribution is 2.17. The van der Waals surface area contributed by atoms with Crippen LogP contribution in [0.15, 0.2) is 4.99 Å². The molecule has 1 rings (SSSR count). The fourth-order valence-corrected chi connectivity index (χ4v) is 1.18. The van der Waals surface area contributed by atoms with Crippen molar-refractivity contribution in [3.8, 4) is 0 Å². The van der Waals surface area contributed by atoms with Gasteiger partial charge < -0.3 is 15.8 Å². The summed E-state index contributed by atoms with van der Waals surface area (Å²) < 4.78 is 5.22. The minimum Gasteiger partial charge on any atom is -0.385 e. The molecule has 0 aromatic carbocycles. The third-order valence-corrected chi connectivity index (χ3v) is 2.13. The van der Waals surface area contributed by atoms with E-state index in [0.29, 0.717) is 12.3 Å². The molecule has 74 valence electrons. The molecule has 0 fully saturated rings. The Hall–Kier alpha value is -1.10. The van der Waals surface area contributed by atoms with Crippen molar-refractivity contribution in [3.05, 3.63) is 0 Å². The van der Waals surface area contributed by atoms with Crippen molar-refractivity contribution in [2.75, 3.05) is 7.11 Å². The van der Waals surface area contributed by atoms with E-state index in [-0.39, 0.29) is 17.7 Å². The number of rotatable bonds is 3. The standard InChI is InChI=1S/C8H15N3O2/c1-8(2,13-3)4-5-6(9)11-7(12)10-5/h5H,4H2,1-3H3,(H3,9,10,11,12). The van der Waals surface area contributed by atoms with Gasteiger partial charge in [-0.05, 0) is 13.8 Å². The lowest BCUT2D eigenvalue weighted by Gasteiger charge is -2.25. The van der Waals surface area contributed by atoms with Gasteiger partial charge in [-0.25, -0.2) is 4.79 Å². The summed E-state index contributed by atoms with van der Waals surface area (Å²) in [5.41, 5.74) is 5.24. The molecular formula is C8H15N3O2. The monoisotopic (exact) mass is 185 g/mol. The molecule has 0 saturated heterocycles. The predicted molar refractivity (Wildman–Crippen MR) is 49.6 cm³/mol. The quantitative estimate of drug-likeness (QED) is 0.661. The number of carbonyl (C=O) groups excluding carboxylic acids is 1. The minimum atomic E-state index is -0.366. The third-order valence-electron chi connectivity index (χ3n) is 2.13. The van der Waals surface area contributed by atoms with Gasteiger partial charge >= 0.3 is 6.03 Å². The Bertz CT molecular complexity index is 248. The Morgan fingerprint density at radius 2 is 2.31 bits per heavy atom. The van der Waals surface area contributed by atoms with Gasteiger partial charge in [0.2, 0.25) is 0 Å². The van der Waals surface area contributed by atoms with Crippen molar-refractivity contribution in [2.24, 2.45) is 10.7 Å². The molecule has 1 heterocycles. The van der Waals surface area contributed by atoms with Crippen LogP contribution in [0.2, 0.25) is 0 Å². The number of amides is 2. The van der Waals surface area contributed by atoms with Gasteiger partial charge in [0.05, 0.1) is 11.6 Å². The number of hydrogen-bond acceptors (Lipinski definition) is 3. The second-order valence-electron chi connectivity index (χ2n) is 3.71. The van der Waals surface area contributed by atoms with Crippen LogP contribution in [-0.2, 0) is 4.74 Å². The lowest BCUT2D eigenvalue weighted by Crippen LogP contribution is -2.42. The van der Waals surface area contributed by atoms with E-state index in [1.807, 2.05) is 13.8 Å². The van der Waals surface area contributed by atoms with Gasteiger partial charge in [-0.1, -0.05) is 0 Å². The summed E-state index contributed by atoms with van der Waals surface area (Å²) in [5.74, 6) is 0.343. The van der Waals surface area contributed by atoms with Gasteiger partial charge in [0.25, 0.3) is 0 Å². The molecule has 1 atom stereocenters. The molecule has 0 aromatic rings. The van der Waals surface area contributed by atoms with Crippen LogP contribution in [-0.4, -0.2) is 30.6 Å². The smallest absolute Gasteiger partial charge is 0.343 e. The van der Waals surface area contributed by atoms with E-state index in [4.69, 9.17) is 10.5 Å². The topological polar surface area (TPSA) is 76.7 Å². The number of nitrogens with two attached hydrogens (primary N) is 1. The summed E-state index contributed by atoms with van der Waals surface area (Å²) in [6.45, 7) is 3.87. The van der Waals surface area contributed by atoms with Crippen molar-refractivity contribution < 1.29 is 9.53 Å². The van der Waals surface area contributed by atoms with Crippen LogP contribution in [0.3, 0.4) is 0 Å². The molecule has 1 unspecified atom stereocenters. The zero-order chi connectivity index (χ0) is 10.1. The minimum absolute atomic E-state index is 0.192. The highest BCUT2D eigenvalue weighted by Gasteiger charge is 2.30. The number of methoxy groups -OCH3 is 1. The van der Waals surface area contributed by atoms with Crippen molar-refractivity contribution in [1.82, 2.24) is 5.32 Å². The van der Waals surface area contributed by atoms with Gasteiger partial charge in [-0.2, -0.15) is 4.99 Å². The Morgan fingerprint density at radius 3 is 2.69 bits per heavy atom. The molecule has 5 nitrogen and oxygen atoms in total. The van der Waals surface area contributed by atoms with Crippen molar-refractivity contribution in [3.63, 3.8) is 0 Å². The van der Waals surface area contributed by atoms with E-state index < -0.39 is 0 Å². The molecule has 5 heteroatoms. The van der Waals surface area contributed by atoms with Gasteiger partial charge in [-0.15, -0.1) is 0 Å². The maximum atomic E-state index is 10.8. The number of hydrogen-bond donors (Lipinski definition) is 2. The van der Waals surface area contributed by atoms with Gasteiger partial charge in [0.1, 0.15) is 5.84 Å². The molecule has 0 radical (unpaired) electrons. The number of ether oxygens (including phenoxy) is 1. The highest BCUT2D eigenvalue weighted by molar-refractivity contribution is 6.02. The number of nitrogens with one attached hydrogen (secondary N) is 1. The second-order valence-corrected chi connectivity index (χ2v) is 3.71. The molecule has 2 amide bonds. The number of aliphatic imine (C=N–C) groups is 1. The molecular weight excluding hydrogens is 170 g/mol. The summed E-state index contributed by atoms with van der Waals surface area (Å²) in [6, 6.07) is -0.558. The largest absolute Gasteiger partial charge is 0.385 e. The molecule has 3 N–H and O–H groups in total. The van der Waals surface area contributed by atoms with Crippen LogP contribution in [0.5, 0.6) is 0 Å². The van der Waals surface area contributed by atoms with Crippen molar-refractivity contribution >= 4 is 11.9 Å². The maximum Gasteiger partial charge on any atom is 0.343 e. The zero-order valence-electron chi connectivity index (χ0n) is 8.13. The summed E-state index contributed by atoms with van der Waals surface area (Å²) in [4.78, 5) is 14.4. The lowest BCUT2D eigenvalue weighted by molar-refractivity contribution is 0.0131. The summed E-state index contributed by atoms with van der Waals surface area (Å²) >= 11 is 0. The Balaban J connectivity index is 2.57. The van der Waals surface area contributed by atoms with Crippen LogP contribution < -0.4 is 11.1 Å². The summed E-state index contributed by atoms with van der Waals surface area (Å²) in [6.07, 6.45) is 0.630. The Labute approximate surface area is 77.3 Å². The normalized spacial score (nSPS) is 22.8. The average molecular weight is 185 g/mol. The van der Waals surface area contributed by atoms with E-state index in [9.17, 15) is 4.79 Å². The predicted octanol–water partition coefficient (Wildman–Crippen LogP) is 0.251. The first-order valence-corrected chi connectivity index (χ1v) is 4.14. The molecule has 0 saturated carbocycles. The van der Waals surface area contributed by atoms with Gasteiger partial charge in [-0.3, -0.25) is 0 Å². The fourth-order valence-electron chi connectivity index (χ4n) is 1.18. The molecule has 0 aromatic heterocycles. The maximum absolute atomic E-state index is 10.8. The second kappa shape index (κ2) is 3.33. The summed E-state index contributed by atoms with van der Waals surface area (Å²) in [7, 11) is 1.63. The molecule has 0 bridgehead atoms. The first-order valence-electron chi connectivity index (χ1n) is 4.14. The number of amidine groups is 1. The fraction of sp³-hybridized carbons (Fsp3) is 0.750. The SMILES string of the molecule is COC(C)(C)CC1NC(=O)N=C1N. The molecule has 0 aliphatic carbocycles. The van der Waals surface area contributed by atoms with Crippen molar-refractivity contribution in [1.29, 1.82) is 0 Å². The van der Waals surface area contributed by atoms with Gasteiger partial charge in [0, 0.05) is 13.5 Å². The first-order chi connectivity index (χ1) is 5.94. The summed E-state index contributed by atoms with van der Waals surface area (Å²) in [5, 5.41) is 2.65. The molecule has 0 spiro atoms. The van der Waals surface area contributed by atoms with E-state index in [2.05, 4.69) is 10.3 Å². The van der Waals surface area contributed by atoms with E-state index >= 15 is 0 Å². The lowest BCUT2D eigenvalue weighted by atomic mass is 9.99. The van der Waals surface area contributed by atoms with E-state index in [1.165, 1.54) is 0 Å². The van der Waals surface area contributed by atoms with Crippen LogP contribution >= 0.6 is 0 Å². The van der Waals surface area contributed by atoms with E-state index in [0.717, 1.165) is 0 Å². The first kappa shape index (κ1) is 9.98. The molecule has 1 aliphatic heterocycles. The third kappa shape index (κ3) is 2.42. The van der Waals surface area contributed by atoms with E-state index in [1.54, 1.807) is 7.11 Å². The van der Waals surface area contributed by atoms with Crippen LogP contribution in [0, 0.1) is 0 Å².